The fraction of sp³-hybridized carbons (Fsp3) is 0.300. The van der Waals surface area contributed by atoms with Crippen molar-refractivity contribution in [2.45, 2.75) is 13.8 Å². The standard InChI is InChI=1S/C20H25N3O3/c1-14-9-15(2)11-18(10-14)22-13-19(24)23-17-6-4-5-16(12-17)20(25)21-7-8-26-3/h4-6,9-12,22H,7-8,13H2,1-3H3,(H,21,25)(H,23,24). The molecule has 0 unspecified atom stereocenters. The number of anilines is 2. The van der Waals surface area contributed by atoms with Crippen LogP contribution >= 0.6 is 0 Å². The molecule has 2 rings (SSSR count). The quantitative estimate of drug-likeness (QED) is 0.636. The second-order valence-electron chi connectivity index (χ2n) is 6.11. The minimum absolute atomic E-state index is 0.146. The molecule has 0 radical (unpaired) electrons. The minimum atomic E-state index is -0.202. The maximum Gasteiger partial charge on any atom is 0.251 e. The van der Waals surface area contributed by atoms with Gasteiger partial charge in [-0.3, -0.25) is 9.59 Å². The molecular weight excluding hydrogens is 330 g/mol. The van der Waals surface area contributed by atoms with Gasteiger partial charge in [0, 0.05) is 30.6 Å². The summed E-state index contributed by atoms with van der Waals surface area (Å²) in [5, 5.41) is 8.66. The number of aryl methyl sites for hydroxylation is 2. The van der Waals surface area contributed by atoms with Crippen molar-refractivity contribution in [3.05, 3.63) is 59.2 Å². The number of hydrogen-bond acceptors (Lipinski definition) is 4. The maximum atomic E-state index is 12.2. The largest absolute Gasteiger partial charge is 0.383 e. The number of rotatable bonds is 8. The zero-order valence-electron chi connectivity index (χ0n) is 15.4. The molecule has 3 N–H and O–H groups in total. The van der Waals surface area contributed by atoms with Gasteiger partial charge < -0.3 is 20.7 Å². The van der Waals surface area contributed by atoms with Gasteiger partial charge in [-0.05, 0) is 55.3 Å². The van der Waals surface area contributed by atoms with Crippen molar-refractivity contribution in [1.29, 1.82) is 0 Å². The van der Waals surface area contributed by atoms with E-state index in [1.807, 2.05) is 26.0 Å². The Balaban J connectivity index is 1.90. The molecule has 0 fully saturated rings. The van der Waals surface area contributed by atoms with Gasteiger partial charge >= 0.3 is 0 Å². The highest BCUT2D eigenvalue weighted by Crippen LogP contribution is 2.14. The molecule has 0 saturated carbocycles. The fourth-order valence-electron chi connectivity index (χ4n) is 2.57. The molecule has 6 heteroatoms. The van der Waals surface area contributed by atoms with Crippen LogP contribution in [0.3, 0.4) is 0 Å². The summed E-state index contributed by atoms with van der Waals surface area (Å²) in [5.41, 5.74) is 4.25. The number of carbonyl (C=O) groups is 2. The highest BCUT2D eigenvalue weighted by atomic mass is 16.5. The Morgan fingerprint density at radius 2 is 1.73 bits per heavy atom. The van der Waals surface area contributed by atoms with E-state index in [1.165, 1.54) is 0 Å². The van der Waals surface area contributed by atoms with Gasteiger partial charge in [0.15, 0.2) is 0 Å². The minimum Gasteiger partial charge on any atom is -0.383 e. The van der Waals surface area contributed by atoms with Crippen molar-refractivity contribution in [2.24, 2.45) is 0 Å². The molecule has 0 aromatic heterocycles. The number of ether oxygens (including phenoxy) is 1. The van der Waals surface area contributed by atoms with Crippen molar-refractivity contribution < 1.29 is 14.3 Å². The predicted octanol–water partition coefficient (Wildman–Crippen LogP) is 2.73. The van der Waals surface area contributed by atoms with Crippen LogP contribution in [0.5, 0.6) is 0 Å². The summed E-state index contributed by atoms with van der Waals surface area (Å²) in [5.74, 6) is -0.382. The molecule has 26 heavy (non-hydrogen) atoms. The van der Waals surface area contributed by atoms with Crippen LogP contribution in [0, 0.1) is 13.8 Å². The van der Waals surface area contributed by atoms with Crippen LogP contribution in [0.1, 0.15) is 21.5 Å². The lowest BCUT2D eigenvalue weighted by Gasteiger charge is -2.10. The summed E-state index contributed by atoms with van der Waals surface area (Å²) < 4.78 is 4.90. The van der Waals surface area contributed by atoms with Crippen LogP contribution in [0.4, 0.5) is 11.4 Å². The highest BCUT2D eigenvalue weighted by Gasteiger charge is 2.08. The van der Waals surface area contributed by atoms with Crippen molar-refractivity contribution in [1.82, 2.24) is 5.32 Å². The summed E-state index contributed by atoms with van der Waals surface area (Å²) in [6, 6.07) is 12.9. The van der Waals surface area contributed by atoms with Crippen LogP contribution in [-0.4, -0.2) is 38.6 Å². The first-order valence-corrected chi connectivity index (χ1v) is 8.47. The summed E-state index contributed by atoms with van der Waals surface area (Å²) in [4.78, 5) is 24.2. The zero-order chi connectivity index (χ0) is 18.9. The Hall–Kier alpha value is -2.86. The van der Waals surface area contributed by atoms with Crippen molar-refractivity contribution >= 4 is 23.2 Å². The number of benzene rings is 2. The molecule has 0 aliphatic heterocycles. The van der Waals surface area contributed by atoms with Crippen LogP contribution < -0.4 is 16.0 Å². The van der Waals surface area contributed by atoms with Gasteiger partial charge in [0.1, 0.15) is 0 Å². The van der Waals surface area contributed by atoms with Crippen LogP contribution in [0.25, 0.3) is 0 Å². The summed E-state index contributed by atoms with van der Waals surface area (Å²) in [6.07, 6.45) is 0. The summed E-state index contributed by atoms with van der Waals surface area (Å²) in [6.45, 7) is 5.06. The number of nitrogens with one attached hydrogen (secondary N) is 3. The molecule has 0 aliphatic rings. The van der Waals surface area contributed by atoms with Gasteiger partial charge in [0.25, 0.3) is 5.91 Å². The predicted molar refractivity (Wildman–Crippen MR) is 104 cm³/mol. The van der Waals surface area contributed by atoms with Gasteiger partial charge in [0.05, 0.1) is 13.2 Å². The third kappa shape index (κ3) is 6.22. The number of carbonyl (C=O) groups excluding carboxylic acids is 2. The number of hydrogen-bond donors (Lipinski definition) is 3. The Bertz CT molecular complexity index is 754. The monoisotopic (exact) mass is 355 g/mol. The molecule has 0 aliphatic carbocycles. The average molecular weight is 355 g/mol. The Morgan fingerprint density at radius 3 is 2.42 bits per heavy atom. The first-order valence-electron chi connectivity index (χ1n) is 8.47. The summed E-state index contributed by atoms with van der Waals surface area (Å²) >= 11 is 0. The van der Waals surface area contributed by atoms with Gasteiger partial charge in [-0.15, -0.1) is 0 Å². The molecule has 0 atom stereocenters. The van der Waals surface area contributed by atoms with E-state index >= 15 is 0 Å². The molecule has 0 heterocycles. The average Bonchev–Trinajstić information content (AvgIpc) is 2.59. The normalized spacial score (nSPS) is 10.3. The van der Waals surface area contributed by atoms with Gasteiger partial charge in [-0.25, -0.2) is 0 Å². The van der Waals surface area contributed by atoms with Crippen LogP contribution in [0.15, 0.2) is 42.5 Å². The van der Waals surface area contributed by atoms with E-state index in [2.05, 4.69) is 22.0 Å². The third-order valence-corrected chi connectivity index (χ3v) is 3.68. The summed E-state index contributed by atoms with van der Waals surface area (Å²) in [7, 11) is 1.58. The van der Waals surface area contributed by atoms with Crippen LogP contribution in [-0.2, 0) is 9.53 Å². The third-order valence-electron chi connectivity index (χ3n) is 3.68. The lowest BCUT2D eigenvalue weighted by atomic mass is 10.1. The lowest BCUT2D eigenvalue weighted by Crippen LogP contribution is -2.27. The van der Waals surface area contributed by atoms with E-state index in [-0.39, 0.29) is 18.4 Å². The van der Waals surface area contributed by atoms with E-state index in [0.29, 0.717) is 24.4 Å². The lowest BCUT2D eigenvalue weighted by molar-refractivity contribution is -0.114. The molecule has 138 valence electrons. The van der Waals surface area contributed by atoms with Gasteiger partial charge in [-0.2, -0.15) is 0 Å². The zero-order valence-corrected chi connectivity index (χ0v) is 15.4. The fourth-order valence-corrected chi connectivity index (χ4v) is 2.57. The Kier molecular flexibility index (Phi) is 7.17. The first kappa shape index (κ1) is 19.5. The smallest absolute Gasteiger partial charge is 0.251 e. The topological polar surface area (TPSA) is 79.5 Å². The Labute approximate surface area is 153 Å². The van der Waals surface area contributed by atoms with Crippen molar-refractivity contribution in [3.63, 3.8) is 0 Å². The second-order valence-corrected chi connectivity index (χ2v) is 6.11. The van der Waals surface area contributed by atoms with E-state index in [9.17, 15) is 9.59 Å². The van der Waals surface area contributed by atoms with E-state index in [4.69, 9.17) is 4.74 Å². The highest BCUT2D eigenvalue weighted by molar-refractivity contribution is 5.98. The van der Waals surface area contributed by atoms with Crippen molar-refractivity contribution in [2.75, 3.05) is 37.4 Å². The van der Waals surface area contributed by atoms with Crippen molar-refractivity contribution in [3.8, 4) is 0 Å². The molecule has 2 aromatic rings. The first-order chi connectivity index (χ1) is 12.5. The molecule has 0 spiro atoms. The molecule has 0 saturated heterocycles. The van der Waals surface area contributed by atoms with Gasteiger partial charge in [0.2, 0.25) is 5.91 Å². The Morgan fingerprint density at radius 1 is 1.00 bits per heavy atom. The van der Waals surface area contributed by atoms with E-state index in [1.54, 1.807) is 31.4 Å². The van der Waals surface area contributed by atoms with E-state index < -0.39 is 0 Å². The molecular formula is C20H25N3O3. The number of methoxy groups -OCH3 is 1. The van der Waals surface area contributed by atoms with Crippen LogP contribution in [0.2, 0.25) is 0 Å². The van der Waals surface area contributed by atoms with E-state index in [0.717, 1.165) is 16.8 Å². The second kappa shape index (κ2) is 9.58. The number of amides is 2. The SMILES string of the molecule is COCCNC(=O)c1cccc(NC(=O)CNc2cc(C)cc(C)c2)c1. The molecule has 0 bridgehead atoms. The molecule has 2 aromatic carbocycles. The maximum absolute atomic E-state index is 12.2. The molecule has 2 amide bonds. The van der Waals surface area contributed by atoms with Gasteiger partial charge in [-0.1, -0.05) is 12.1 Å². The molecule has 6 nitrogen and oxygen atoms in total.